The summed E-state index contributed by atoms with van der Waals surface area (Å²) in [6.45, 7) is 5.07. The van der Waals surface area contributed by atoms with Crippen LogP contribution >= 0.6 is 15.6 Å². The second-order valence-corrected chi connectivity index (χ2v) is 8.89. The van der Waals surface area contributed by atoms with Crippen LogP contribution in [0.1, 0.15) is 20.3 Å². The largest absolute Gasteiger partial charge is 0.474 e. The van der Waals surface area contributed by atoms with Gasteiger partial charge in [0.1, 0.15) is 0 Å². The zero-order valence-corrected chi connectivity index (χ0v) is 19.1. The van der Waals surface area contributed by atoms with Crippen molar-refractivity contribution in [3.05, 3.63) is 0 Å². The molecule has 0 aromatic heterocycles. The van der Waals surface area contributed by atoms with Crippen LogP contribution in [0.3, 0.4) is 0 Å². The molecule has 0 aliphatic heterocycles. The molecule has 0 rings (SSSR count). The highest BCUT2D eigenvalue weighted by Crippen LogP contribution is 2.48. The Kier molecular flexibility index (Phi) is 16.9. The molecule has 0 aliphatic rings. The minimum atomic E-state index is -3.61. The van der Waals surface area contributed by atoms with E-state index in [0.29, 0.717) is 6.42 Å². The van der Waals surface area contributed by atoms with Crippen LogP contribution in [0.15, 0.2) is 0 Å². The van der Waals surface area contributed by atoms with Crippen LogP contribution in [0.2, 0.25) is 0 Å². The van der Waals surface area contributed by atoms with Crippen LogP contribution in [0.4, 0.5) is 0 Å². The quantitative estimate of drug-likeness (QED) is 0.200. The van der Waals surface area contributed by atoms with E-state index in [9.17, 15) is 9.13 Å². The molecule has 0 heterocycles. The first-order chi connectivity index (χ1) is 13.3. The first-order valence-corrected chi connectivity index (χ1v) is 11.8. The van der Waals surface area contributed by atoms with E-state index in [1.54, 1.807) is 6.92 Å². The highest BCUT2D eigenvalue weighted by atomic mass is 31.2. The number of hydrogen-bond acceptors (Lipinski definition) is 11. The number of phosphoric acid groups is 2. The van der Waals surface area contributed by atoms with Crippen LogP contribution in [-0.4, -0.2) is 80.3 Å². The fourth-order valence-corrected chi connectivity index (χ4v) is 3.50. The van der Waals surface area contributed by atoms with Gasteiger partial charge in [-0.2, -0.15) is 0 Å². The Morgan fingerprint density at radius 3 is 1.71 bits per heavy atom. The summed E-state index contributed by atoms with van der Waals surface area (Å²) in [5.41, 5.74) is 0. The summed E-state index contributed by atoms with van der Waals surface area (Å²) in [6, 6.07) is 0. The summed E-state index contributed by atoms with van der Waals surface area (Å²) in [4.78, 5) is 0. The molecule has 170 valence electrons. The average Bonchev–Trinajstić information content (AvgIpc) is 2.69. The molecule has 0 bridgehead atoms. The van der Waals surface area contributed by atoms with Crippen LogP contribution < -0.4 is 0 Å². The van der Waals surface area contributed by atoms with Crippen molar-refractivity contribution >= 4 is 15.6 Å². The molecule has 0 radical (unpaired) electrons. The predicted octanol–water partition coefficient (Wildman–Crippen LogP) is 3.04. The van der Waals surface area contributed by atoms with Gasteiger partial charge in [-0.05, 0) is 13.3 Å². The molecule has 13 heteroatoms. The normalized spacial score (nSPS) is 17.2. The van der Waals surface area contributed by atoms with Crippen molar-refractivity contribution < 1.29 is 50.5 Å². The Hall–Kier alpha value is 0.1000. The van der Waals surface area contributed by atoms with Crippen molar-refractivity contribution in [2.75, 3.05) is 74.2 Å². The van der Waals surface area contributed by atoms with E-state index in [4.69, 9.17) is 41.4 Å². The van der Waals surface area contributed by atoms with E-state index in [-0.39, 0.29) is 59.0 Å². The van der Waals surface area contributed by atoms with Gasteiger partial charge in [-0.3, -0.25) is 27.1 Å². The van der Waals surface area contributed by atoms with E-state index in [1.165, 1.54) is 21.3 Å². The molecule has 0 aromatic carbocycles. The molecule has 0 saturated carbocycles. The minimum absolute atomic E-state index is 0.0251. The number of ether oxygens (including phenoxy) is 3. The van der Waals surface area contributed by atoms with Crippen LogP contribution in [0.5, 0.6) is 0 Å². The van der Waals surface area contributed by atoms with Crippen molar-refractivity contribution in [1.82, 2.24) is 0 Å². The summed E-state index contributed by atoms with van der Waals surface area (Å²) in [7, 11) is -3.12. The molecule has 0 aliphatic carbocycles. The highest BCUT2D eigenvalue weighted by Gasteiger charge is 2.25. The number of hydrogen-bond donors (Lipinski definition) is 0. The molecule has 3 atom stereocenters. The molecule has 0 saturated heterocycles. The lowest BCUT2D eigenvalue weighted by Gasteiger charge is -2.18. The maximum absolute atomic E-state index is 12.1. The molecular weight excluding hydrogens is 418 g/mol. The van der Waals surface area contributed by atoms with Gasteiger partial charge < -0.3 is 14.2 Å². The molecule has 28 heavy (non-hydrogen) atoms. The Balaban J connectivity index is 3.83. The van der Waals surface area contributed by atoms with E-state index in [0.717, 1.165) is 0 Å². The molecule has 0 aromatic rings. The fraction of sp³-hybridized carbons (Fsp3) is 1.00. The summed E-state index contributed by atoms with van der Waals surface area (Å²) in [6.07, 6.45) is 0.454. The molecule has 11 nitrogen and oxygen atoms in total. The van der Waals surface area contributed by atoms with E-state index < -0.39 is 15.6 Å². The van der Waals surface area contributed by atoms with Crippen LogP contribution in [-0.2, 0) is 50.5 Å². The molecular formula is C15H34O11P2. The summed E-state index contributed by atoms with van der Waals surface area (Å²) in [5, 5.41) is 0. The van der Waals surface area contributed by atoms with E-state index in [1.807, 2.05) is 6.92 Å². The minimum Gasteiger partial charge on any atom is -0.382 e. The molecule has 0 amide bonds. The van der Waals surface area contributed by atoms with Gasteiger partial charge in [-0.1, -0.05) is 6.92 Å². The predicted molar refractivity (Wildman–Crippen MR) is 101 cm³/mol. The number of rotatable bonds is 20. The average molecular weight is 452 g/mol. The number of methoxy groups -OCH3 is 1. The first kappa shape index (κ1) is 28.1. The Morgan fingerprint density at radius 2 is 1.21 bits per heavy atom. The topological polar surface area (TPSA) is 117 Å². The molecule has 3 unspecified atom stereocenters. The number of phosphoric ester groups is 2. The monoisotopic (exact) mass is 452 g/mol. The van der Waals surface area contributed by atoms with Gasteiger partial charge in [-0.25, -0.2) is 9.13 Å². The third kappa shape index (κ3) is 14.1. The zero-order valence-electron chi connectivity index (χ0n) is 17.3. The van der Waals surface area contributed by atoms with Crippen molar-refractivity contribution in [3.8, 4) is 0 Å². The molecule has 0 fully saturated rings. The SMILES string of the molecule is CCCOP(=O)(OC)OCCOCC(C)OCCOP(=O)(OC)OCCOC. The van der Waals surface area contributed by atoms with Crippen molar-refractivity contribution in [2.45, 2.75) is 26.4 Å². The maximum Gasteiger partial charge on any atom is 0.474 e. The lowest BCUT2D eigenvalue weighted by atomic mass is 10.4. The van der Waals surface area contributed by atoms with Gasteiger partial charge >= 0.3 is 15.6 Å². The molecule has 0 N–H and O–H groups in total. The lowest BCUT2D eigenvalue weighted by Crippen LogP contribution is -2.20. The molecule has 0 spiro atoms. The van der Waals surface area contributed by atoms with Crippen molar-refractivity contribution in [3.63, 3.8) is 0 Å². The fourth-order valence-electron chi connectivity index (χ4n) is 1.62. The summed E-state index contributed by atoms with van der Waals surface area (Å²) < 4.78 is 69.5. The van der Waals surface area contributed by atoms with E-state index >= 15 is 0 Å². The summed E-state index contributed by atoms with van der Waals surface area (Å²) in [5.74, 6) is 0. The Labute approximate surface area is 167 Å². The summed E-state index contributed by atoms with van der Waals surface area (Å²) >= 11 is 0. The first-order valence-electron chi connectivity index (χ1n) is 8.92. The highest BCUT2D eigenvalue weighted by molar-refractivity contribution is 7.48. The van der Waals surface area contributed by atoms with Gasteiger partial charge in [0.2, 0.25) is 0 Å². The standard InChI is InChI=1S/C15H34O11P2/c1-6-7-23-27(16,19-4)25-12-9-21-14-15(2)22-10-13-26-28(17,20-5)24-11-8-18-3/h15H,6-14H2,1-5H3. The smallest absolute Gasteiger partial charge is 0.382 e. The maximum atomic E-state index is 12.1. The van der Waals surface area contributed by atoms with Gasteiger partial charge in [0.15, 0.2) is 0 Å². The Bertz CT molecular complexity index is 463. The zero-order chi connectivity index (χ0) is 21.3. The van der Waals surface area contributed by atoms with Gasteiger partial charge in [0.25, 0.3) is 0 Å². The third-order valence-corrected chi connectivity index (χ3v) is 5.89. The van der Waals surface area contributed by atoms with Crippen LogP contribution in [0.25, 0.3) is 0 Å². The van der Waals surface area contributed by atoms with Crippen molar-refractivity contribution in [2.24, 2.45) is 0 Å². The third-order valence-electron chi connectivity index (χ3n) is 3.00. The second-order valence-electron chi connectivity index (χ2n) is 5.34. The van der Waals surface area contributed by atoms with E-state index in [2.05, 4.69) is 0 Å². The second kappa shape index (κ2) is 16.8. The van der Waals surface area contributed by atoms with Gasteiger partial charge in [0, 0.05) is 21.3 Å². The van der Waals surface area contributed by atoms with Gasteiger partial charge in [-0.15, -0.1) is 0 Å². The van der Waals surface area contributed by atoms with Crippen LogP contribution in [0, 0.1) is 0 Å². The lowest BCUT2D eigenvalue weighted by molar-refractivity contribution is -0.0268. The van der Waals surface area contributed by atoms with Crippen molar-refractivity contribution in [1.29, 1.82) is 0 Å². The Morgan fingerprint density at radius 1 is 0.714 bits per heavy atom. The van der Waals surface area contributed by atoms with Gasteiger partial charge in [0.05, 0.1) is 59.0 Å².